The molecule has 0 aromatic heterocycles. The van der Waals surface area contributed by atoms with Crippen LogP contribution in [-0.2, 0) is 9.05 Å². The van der Waals surface area contributed by atoms with Gasteiger partial charge in [-0.1, -0.05) is 12.1 Å². The zero-order valence-electron chi connectivity index (χ0n) is 9.93. The number of halogens is 2. The Hall–Kier alpha value is -1.59. The maximum absolute atomic E-state index is 13.2. The SMILES string of the molecule is COc1cc(S(=O)(=O)Cl)ccc1-c1cccc(F)c1. The second-order valence-corrected chi connectivity index (χ2v) is 6.38. The first-order valence-electron chi connectivity index (χ1n) is 5.30. The third-order valence-corrected chi connectivity index (χ3v) is 3.94. The third kappa shape index (κ3) is 3.05. The highest BCUT2D eigenvalue weighted by Gasteiger charge is 2.14. The van der Waals surface area contributed by atoms with Gasteiger partial charge < -0.3 is 4.74 Å². The average Bonchev–Trinajstić information content (AvgIpc) is 2.37. The van der Waals surface area contributed by atoms with Gasteiger partial charge in [-0.25, -0.2) is 12.8 Å². The molecule has 0 heterocycles. The highest BCUT2D eigenvalue weighted by molar-refractivity contribution is 8.13. The number of rotatable bonds is 3. The molecule has 100 valence electrons. The molecule has 0 spiro atoms. The van der Waals surface area contributed by atoms with Gasteiger partial charge in [-0.15, -0.1) is 0 Å². The molecule has 0 saturated carbocycles. The van der Waals surface area contributed by atoms with Gasteiger partial charge in [0.2, 0.25) is 0 Å². The lowest BCUT2D eigenvalue weighted by atomic mass is 10.0. The smallest absolute Gasteiger partial charge is 0.261 e. The van der Waals surface area contributed by atoms with Crippen molar-refractivity contribution >= 4 is 19.7 Å². The average molecular weight is 301 g/mol. The van der Waals surface area contributed by atoms with Crippen molar-refractivity contribution in [1.29, 1.82) is 0 Å². The summed E-state index contributed by atoms with van der Waals surface area (Å²) in [6.45, 7) is 0. The molecular formula is C13H10ClFO3S. The summed E-state index contributed by atoms with van der Waals surface area (Å²) >= 11 is 0. The maximum atomic E-state index is 13.2. The molecule has 2 rings (SSSR count). The molecule has 0 aliphatic carbocycles. The summed E-state index contributed by atoms with van der Waals surface area (Å²) in [7, 11) is 2.85. The van der Waals surface area contributed by atoms with Crippen molar-refractivity contribution in [2.75, 3.05) is 7.11 Å². The van der Waals surface area contributed by atoms with Gasteiger partial charge in [0.25, 0.3) is 9.05 Å². The van der Waals surface area contributed by atoms with Crippen LogP contribution in [-0.4, -0.2) is 15.5 Å². The summed E-state index contributed by atoms with van der Waals surface area (Å²) < 4.78 is 40.8. The Balaban J connectivity index is 2.59. The first-order valence-corrected chi connectivity index (χ1v) is 7.61. The molecule has 0 aliphatic heterocycles. The Morgan fingerprint density at radius 3 is 2.47 bits per heavy atom. The van der Waals surface area contributed by atoms with Crippen LogP contribution in [0.3, 0.4) is 0 Å². The summed E-state index contributed by atoms with van der Waals surface area (Å²) in [5, 5.41) is 0. The lowest BCUT2D eigenvalue weighted by Crippen LogP contribution is -1.94. The van der Waals surface area contributed by atoms with Crippen molar-refractivity contribution in [2.45, 2.75) is 4.90 Å². The van der Waals surface area contributed by atoms with Crippen LogP contribution < -0.4 is 4.74 Å². The van der Waals surface area contributed by atoms with Crippen LogP contribution >= 0.6 is 10.7 Å². The van der Waals surface area contributed by atoms with E-state index in [1.165, 1.54) is 37.4 Å². The van der Waals surface area contributed by atoms with Crippen LogP contribution in [0, 0.1) is 5.82 Å². The van der Waals surface area contributed by atoms with Crippen LogP contribution in [0.25, 0.3) is 11.1 Å². The summed E-state index contributed by atoms with van der Waals surface area (Å²) in [6, 6.07) is 10.1. The van der Waals surface area contributed by atoms with Crippen LogP contribution in [0.15, 0.2) is 47.4 Å². The maximum Gasteiger partial charge on any atom is 0.261 e. The van der Waals surface area contributed by atoms with E-state index in [4.69, 9.17) is 15.4 Å². The van der Waals surface area contributed by atoms with Crippen LogP contribution in [0.5, 0.6) is 5.75 Å². The highest BCUT2D eigenvalue weighted by Crippen LogP contribution is 2.33. The van der Waals surface area contributed by atoms with Gasteiger partial charge in [0.15, 0.2) is 0 Å². The van der Waals surface area contributed by atoms with Crippen molar-refractivity contribution in [3.8, 4) is 16.9 Å². The molecule has 19 heavy (non-hydrogen) atoms. The Morgan fingerprint density at radius 2 is 1.89 bits per heavy atom. The molecule has 0 atom stereocenters. The second kappa shape index (κ2) is 5.19. The number of methoxy groups -OCH3 is 1. The minimum Gasteiger partial charge on any atom is -0.496 e. The first-order chi connectivity index (χ1) is 8.91. The Labute approximate surface area is 115 Å². The summed E-state index contributed by atoms with van der Waals surface area (Å²) in [4.78, 5) is -0.0637. The summed E-state index contributed by atoms with van der Waals surface area (Å²) in [5.74, 6) is -0.0686. The zero-order chi connectivity index (χ0) is 14.0. The van der Waals surface area contributed by atoms with Gasteiger partial charge in [0.1, 0.15) is 11.6 Å². The van der Waals surface area contributed by atoms with Crippen molar-refractivity contribution in [3.63, 3.8) is 0 Å². The van der Waals surface area contributed by atoms with Crippen molar-refractivity contribution in [2.24, 2.45) is 0 Å². The normalized spacial score (nSPS) is 11.3. The van der Waals surface area contributed by atoms with Crippen LogP contribution in [0.1, 0.15) is 0 Å². The fraction of sp³-hybridized carbons (Fsp3) is 0.0769. The van der Waals surface area contributed by atoms with E-state index in [-0.39, 0.29) is 10.7 Å². The molecule has 2 aromatic rings. The van der Waals surface area contributed by atoms with Gasteiger partial charge in [-0.05, 0) is 29.8 Å². The minimum absolute atomic E-state index is 0.0637. The van der Waals surface area contributed by atoms with Crippen LogP contribution in [0.4, 0.5) is 4.39 Å². The van der Waals surface area contributed by atoms with E-state index in [2.05, 4.69) is 0 Å². The lowest BCUT2D eigenvalue weighted by molar-refractivity contribution is 0.415. The largest absolute Gasteiger partial charge is 0.496 e. The second-order valence-electron chi connectivity index (χ2n) is 3.81. The fourth-order valence-corrected chi connectivity index (χ4v) is 2.48. The van der Waals surface area contributed by atoms with Gasteiger partial charge in [0, 0.05) is 22.3 Å². The molecule has 0 amide bonds. The van der Waals surface area contributed by atoms with Crippen molar-refractivity contribution in [3.05, 3.63) is 48.3 Å². The summed E-state index contributed by atoms with van der Waals surface area (Å²) in [6.07, 6.45) is 0. The van der Waals surface area contributed by atoms with E-state index < -0.39 is 9.05 Å². The minimum atomic E-state index is -3.82. The first kappa shape index (κ1) is 13.8. The fourth-order valence-electron chi connectivity index (χ4n) is 1.72. The standard InChI is InChI=1S/C13H10ClFO3S/c1-18-13-8-11(19(14,16)17)5-6-12(13)9-3-2-4-10(15)7-9/h2-8H,1H3. The van der Waals surface area contributed by atoms with Gasteiger partial charge in [-0.2, -0.15) is 0 Å². The predicted molar refractivity (Wildman–Crippen MR) is 71.4 cm³/mol. The topological polar surface area (TPSA) is 43.4 Å². The van der Waals surface area contributed by atoms with Crippen LogP contribution in [0.2, 0.25) is 0 Å². The highest BCUT2D eigenvalue weighted by atomic mass is 35.7. The Kier molecular flexibility index (Phi) is 3.78. The van der Waals surface area contributed by atoms with E-state index in [1.54, 1.807) is 12.1 Å². The Morgan fingerprint density at radius 1 is 1.16 bits per heavy atom. The monoisotopic (exact) mass is 300 g/mol. The molecule has 0 N–H and O–H groups in total. The molecule has 0 radical (unpaired) electrons. The molecular weight excluding hydrogens is 291 g/mol. The lowest BCUT2D eigenvalue weighted by Gasteiger charge is -2.10. The van der Waals surface area contributed by atoms with Crippen molar-refractivity contribution < 1.29 is 17.5 Å². The van der Waals surface area contributed by atoms with Gasteiger partial charge in [-0.3, -0.25) is 0 Å². The van der Waals surface area contributed by atoms with E-state index in [0.29, 0.717) is 16.9 Å². The zero-order valence-corrected chi connectivity index (χ0v) is 11.5. The number of benzene rings is 2. The number of ether oxygens (including phenoxy) is 1. The Bertz CT molecular complexity index is 714. The predicted octanol–water partition coefficient (Wildman–Crippen LogP) is 3.43. The third-order valence-electron chi connectivity index (χ3n) is 2.59. The van der Waals surface area contributed by atoms with E-state index in [9.17, 15) is 12.8 Å². The molecule has 6 heteroatoms. The molecule has 0 bridgehead atoms. The van der Waals surface area contributed by atoms with Crippen molar-refractivity contribution in [1.82, 2.24) is 0 Å². The molecule has 3 nitrogen and oxygen atoms in total. The summed E-state index contributed by atoms with van der Waals surface area (Å²) in [5.41, 5.74) is 1.18. The van der Waals surface area contributed by atoms with E-state index in [1.807, 2.05) is 0 Å². The molecule has 0 aliphatic rings. The van der Waals surface area contributed by atoms with Gasteiger partial charge >= 0.3 is 0 Å². The van der Waals surface area contributed by atoms with Gasteiger partial charge in [0.05, 0.1) is 12.0 Å². The van der Waals surface area contributed by atoms with E-state index >= 15 is 0 Å². The molecule has 0 saturated heterocycles. The molecule has 2 aromatic carbocycles. The number of hydrogen-bond donors (Lipinski definition) is 0. The van der Waals surface area contributed by atoms with E-state index in [0.717, 1.165) is 0 Å². The quantitative estimate of drug-likeness (QED) is 0.816. The molecule has 0 unspecified atom stereocenters. The number of hydrogen-bond acceptors (Lipinski definition) is 3. The molecule has 0 fully saturated rings.